The number of H-pyrrole nitrogens is 1. The molecule has 0 saturated heterocycles. The second-order valence-electron chi connectivity index (χ2n) is 5.77. The number of ether oxygens (including phenoxy) is 1. The Morgan fingerprint density at radius 3 is 2.54 bits per heavy atom. The Hall–Kier alpha value is -3.35. The van der Waals surface area contributed by atoms with E-state index >= 15 is 0 Å². The average molecular weight is 353 g/mol. The number of nitrogens with one attached hydrogen (secondary N) is 2. The van der Waals surface area contributed by atoms with Crippen molar-refractivity contribution < 1.29 is 9.53 Å². The first-order valence-corrected chi connectivity index (χ1v) is 8.21. The van der Waals surface area contributed by atoms with Gasteiger partial charge in [-0.15, -0.1) is 0 Å². The molecule has 2 aromatic carbocycles. The molecule has 0 aliphatic carbocycles. The standard InChI is InChI=1S/C19H19N3O4/c1-3-22-16-9-6-13(10-15(16)21-18(24)19(22)25)17(23)20-11-12-4-7-14(26-2)8-5-12/h4-10H,3,11H2,1-2H3,(H,20,23)(H,21,24). The molecule has 26 heavy (non-hydrogen) atoms. The fourth-order valence-electron chi connectivity index (χ4n) is 2.76. The fourth-order valence-corrected chi connectivity index (χ4v) is 2.76. The Morgan fingerprint density at radius 1 is 1.15 bits per heavy atom. The van der Waals surface area contributed by atoms with Crippen LogP contribution in [0.15, 0.2) is 52.1 Å². The molecule has 3 aromatic rings. The molecule has 1 heterocycles. The third-order valence-corrected chi connectivity index (χ3v) is 4.17. The van der Waals surface area contributed by atoms with Crippen molar-refractivity contribution in [2.75, 3.05) is 7.11 Å². The molecule has 0 spiro atoms. The van der Waals surface area contributed by atoms with E-state index in [1.807, 2.05) is 24.3 Å². The second-order valence-corrected chi connectivity index (χ2v) is 5.77. The molecule has 0 fully saturated rings. The summed E-state index contributed by atoms with van der Waals surface area (Å²) in [5.41, 5.74) is 1.08. The zero-order valence-electron chi connectivity index (χ0n) is 14.5. The van der Waals surface area contributed by atoms with Crippen LogP contribution < -0.4 is 21.2 Å². The summed E-state index contributed by atoms with van der Waals surface area (Å²) >= 11 is 0. The fraction of sp³-hybridized carbons (Fsp3) is 0.211. The zero-order valence-corrected chi connectivity index (χ0v) is 14.5. The van der Waals surface area contributed by atoms with Gasteiger partial charge in [0.1, 0.15) is 5.75 Å². The van der Waals surface area contributed by atoms with Gasteiger partial charge in [0, 0.05) is 18.7 Å². The number of methoxy groups -OCH3 is 1. The molecule has 0 atom stereocenters. The van der Waals surface area contributed by atoms with Crippen molar-refractivity contribution in [2.24, 2.45) is 0 Å². The molecule has 0 aliphatic rings. The number of carbonyl (C=O) groups is 1. The Morgan fingerprint density at radius 2 is 1.88 bits per heavy atom. The Balaban J connectivity index is 1.83. The third-order valence-electron chi connectivity index (χ3n) is 4.17. The molecular weight excluding hydrogens is 334 g/mol. The third kappa shape index (κ3) is 3.37. The van der Waals surface area contributed by atoms with Gasteiger partial charge in [0.2, 0.25) is 0 Å². The number of benzene rings is 2. The van der Waals surface area contributed by atoms with Crippen LogP contribution in [0.25, 0.3) is 11.0 Å². The van der Waals surface area contributed by atoms with Gasteiger partial charge in [-0.05, 0) is 42.8 Å². The van der Waals surface area contributed by atoms with Crippen LogP contribution in [0, 0.1) is 0 Å². The quantitative estimate of drug-likeness (QED) is 0.682. The summed E-state index contributed by atoms with van der Waals surface area (Å²) in [5, 5.41) is 2.83. The molecule has 2 N–H and O–H groups in total. The summed E-state index contributed by atoms with van der Waals surface area (Å²) in [4.78, 5) is 38.6. The average Bonchev–Trinajstić information content (AvgIpc) is 2.67. The number of aryl methyl sites for hydroxylation is 1. The number of carbonyl (C=O) groups excluding carboxylic acids is 1. The van der Waals surface area contributed by atoms with Gasteiger partial charge >= 0.3 is 11.1 Å². The lowest BCUT2D eigenvalue weighted by atomic mass is 10.1. The topological polar surface area (TPSA) is 93.2 Å². The lowest BCUT2D eigenvalue weighted by Gasteiger charge is -2.09. The Bertz CT molecular complexity index is 1060. The van der Waals surface area contributed by atoms with Crippen LogP contribution >= 0.6 is 0 Å². The van der Waals surface area contributed by atoms with E-state index < -0.39 is 11.1 Å². The number of aromatic amines is 1. The lowest BCUT2D eigenvalue weighted by molar-refractivity contribution is 0.0951. The van der Waals surface area contributed by atoms with Crippen molar-refractivity contribution in [3.05, 3.63) is 74.3 Å². The first-order chi connectivity index (χ1) is 12.5. The number of rotatable bonds is 5. The molecule has 0 saturated carbocycles. The molecule has 3 rings (SSSR count). The molecule has 134 valence electrons. The van der Waals surface area contributed by atoms with Gasteiger partial charge in [-0.3, -0.25) is 14.4 Å². The van der Waals surface area contributed by atoms with Crippen molar-refractivity contribution in [3.8, 4) is 5.75 Å². The second kappa shape index (κ2) is 7.26. The minimum Gasteiger partial charge on any atom is -0.497 e. The Kier molecular flexibility index (Phi) is 4.88. The van der Waals surface area contributed by atoms with Crippen molar-refractivity contribution >= 4 is 16.9 Å². The highest BCUT2D eigenvalue weighted by Gasteiger charge is 2.10. The van der Waals surface area contributed by atoms with Crippen LogP contribution in [0.5, 0.6) is 5.75 Å². The number of aromatic nitrogens is 2. The van der Waals surface area contributed by atoms with E-state index in [2.05, 4.69) is 10.3 Å². The maximum Gasteiger partial charge on any atom is 0.316 e. The van der Waals surface area contributed by atoms with Gasteiger partial charge in [0.15, 0.2) is 0 Å². The van der Waals surface area contributed by atoms with Gasteiger partial charge < -0.3 is 19.6 Å². The van der Waals surface area contributed by atoms with E-state index in [4.69, 9.17) is 4.74 Å². The highest BCUT2D eigenvalue weighted by Crippen LogP contribution is 2.13. The highest BCUT2D eigenvalue weighted by atomic mass is 16.5. The molecule has 1 amide bonds. The van der Waals surface area contributed by atoms with Crippen LogP contribution in [0.4, 0.5) is 0 Å². The zero-order chi connectivity index (χ0) is 18.7. The molecule has 0 radical (unpaired) electrons. The minimum absolute atomic E-state index is 0.266. The molecule has 0 bridgehead atoms. The van der Waals surface area contributed by atoms with Crippen LogP contribution in [0.2, 0.25) is 0 Å². The monoisotopic (exact) mass is 353 g/mol. The maximum atomic E-state index is 12.4. The van der Waals surface area contributed by atoms with Crippen molar-refractivity contribution in [2.45, 2.75) is 20.0 Å². The van der Waals surface area contributed by atoms with Crippen LogP contribution in [0.1, 0.15) is 22.8 Å². The predicted octanol–water partition coefficient (Wildman–Crippen LogP) is 1.65. The number of amides is 1. The molecule has 0 aliphatic heterocycles. The highest BCUT2D eigenvalue weighted by molar-refractivity contribution is 5.97. The van der Waals surface area contributed by atoms with Gasteiger partial charge in [-0.25, -0.2) is 0 Å². The van der Waals surface area contributed by atoms with Crippen LogP contribution in [-0.2, 0) is 13.1 Å². The number of nitrogens with zero attached hydrogens (tertiary/aromatic N) is 1. The molecule has 1 aromatic heterocycles. The van der Waals surface area contributed by atoms with Gasteiger partial charge in [-0.1, -0.05) is 12.1 Å². The molecule has 7 heteroatoms. The summed E-state index contributed by atoms with van der Waals surface area (Å²) < 4.78 is 6.48. The van der Waals surface area contributed by atoms with E-state index in [0.717, 1.165) is 11.3 Å². The van der Waals surface area contributed by atoms with Crippen molar-refractivity contribution in [3.63, 3.8) is 0 Å². The minimum atomic E-state index is -0.699. The summed E-state index contributed by atoms with van der Waals surface area (Å²) in [6, 6.07) is 12.3. The number of hydrogen-bond acceptors (Lipinski definition) is 4. The lowest BCUT2D eigenvalue weighted by Crippen LogP contribution is -2.36. The largest absolute Gasteiger partial charge is 0.497 e. The summed E-state index contributed by atoms with van der Waals surface area (Å²) in [6.45, 7) is 2.53. The van der Waals surface area contributed by atoms with E-state index in [9.17, 15) is 14.4 Å². The SMILES string of the molecule is CCn1c(=O)c(=O)[nH]c2cc(C(=O)NCc3ccc(OC)cc3)ccc21. The number of hydrogen-bond donors (Lipinski definition) is 2. The van der Waals surface area contributed by atoms with E-state index in [1.54, 1.807) is 32.2 Å². The molecular formula is C19H19N3O4. The molecule has 0 unspecified atom stereocenters. The van der Waals surface area contributed by atoms with Crippen molar-refractivity contribution in [1.29, 1.82) is 0 Å². The van der Waals surface area contributed by atoms with Gasteiger partial charge in [0.25, 0.3) is 5.91 Å². The van der Waals surface area contributed by atoms with Crippen LogP contribution in [-0.4, -0.2) is 22.6 Å². The smallest absolute Gasteiger partial charge is 0.316 e. The number of fused-ring (bicyclic) bond motifs is 1. The molecule has 7 nitrogen and oxygen atoms in total. The van der Waals surface area contributed by atoms with E-state index in [-0.39, 0.29) is 5.91 Å². The summed E-state index contributed by atoms with van der Waals surface area (Å²) in [5.74, 6) is 0.485. The Labute approximate surface area is 149 Å². The van der Waals surface area contributed by atoms with Crippen LogP contribution in [0.3, 0.4) is 0 Å². The van der Waals surface area contributed by atoms with Crippen molar-refractivity contribution in [1.82, 2.24) is 14.9 Å². The van der Waals surface area contributed by atoms with E-state index in [0.29, 0.717) is 29.7 Å². The normalized spacial score (nSPS) is 10.7. The summed E-state index contributed by atoms with van der Waals surface area (Å²) in [6.07, 6.45) is 0. The first kappa shape index (κ1) is 17.5. The predicted molar refractivity (Wildman–Crippen MR) is 98.7 cm³/mol. The van der Waals surface area contributed by atoms with E-state index in [1.165, 1.54) is 4.57 Å². The van der Waals surface area contributed by atoms with Gasteiger partial charge in [-0.2, -0.15) is 0 Å². The van der Waals surface area contributed by atoms with Gasteiger partial charge in [0.05, 0.1) is 18.1 Å². The first-order valence-electron chi connectivity index (χ1n) is 8.21. The summed E-state index contributed by atoms with van der Waals surface area (Å²) in [7, 11) is 1.60. The maximum absolute atomic E-state index is 12.4.